The summed E-state index contributed by atoms with van der Waals surface area (Å²) in [4.78, 5) is 0. The smallest absolute Gasteiger partial charge is 0.0547 e. The molecular weight excluding hydrogens is 611 g/mol. The molecule has 3 aliphatic rings. The van der Waals surface area contributed by atoms with Crippen LogP contribution < -0.4 is 5.35 Å². The van der Waals surface area contributed by atoms with Crippen LogP contribution in [0.1, 0.15) is 42.0 Å². The molecule has 0 saturated carbocycles. The zero-order valence-corrected chi connectivity index (χ0v) is 28.2. The summed E-state index contributed by atoms with van der Waals surface area (Å²) in [5.41, 5.74) is 13.7. The van der Waals surface area contributed by atoms with E-state index in [-0.39, 0.29) is 5.41 Å². The minimum absolute atomic E-state index is 0.0840. The zero-order chi connectivity index (χ0) is 32.2. The lowest BCUT2D eigenvalue weighted by molar-refractivity contribution is 0.494. The molecule has 1 nitrogen and oxygen atoms in total. The number of hydrogen-bond donors (Lipinski definition) is 0. The lowest BCUT2D eigenvalue weighted by Crippen LogP contribution is -2.21. The SMILES string of the molecule is CC1(C)c2ccc3c4c2c2c5c(ccc6c5c4c(n6-c4cccc(-c5cccc6c5sc5c(-c7ccccc7)cccc56)c4)=CC3)C=CC21. The van der Waals surface area contributed by atoms with Crippen molar-refractivity contribution in [3.8, 4) is 27.9 Å². The van der Waals surface area contributed by atoms with Gasteiger partial charge in [-0.25, -0.2) is 0 Å². The Kier molecular flexibility index (Phi) is 4.85. The minimum Gasteiger partial charge on any atom is -0.309 e. The predicted octanol–water partition coefficient (Wildman–Crippen LogP) is 12.1. The van der Waals surface area contributed by atoms with Crippen molar-refractivity contribution < 1.29 is 0 Å². The van der Waals surface area contributed by atoms with E-state index >= 15 is 0 Å². The van der Waals surface area contributed by atoms with Crippen LogP contribution in [0.2, 0.25) is 0 Å². The summed E-state index contributed by atoms with van der Waals surface area (Å²) in [7, 11) is 0. The molecule has 49 heavy (non-hydrogen) atoms. The molecule has 230 valence electrons. The minimum atomic E-state index is 0.0840. The highest BCUT2D eigenvalue weighted by Gasteiger charge is 2.43. The fraction of sp³-hybridized carbons (Fsp3) is 0.106. The van der Waals surface area contributed by atoms with Crippen LogP contribution in [-0.4, -0.2) is 4.57 Å². The number of aromatic nitrogens is 1. The standard InChI is InChI=1S/C47H31NS/c1-47(2)35-21-17-27-19-23-37-43-39(27)41(35)42-36(47)22-18-28-20-24-38(44(43)40(28)42)48(37)30-12-6-11-29(25-30)32-14-8-16-34-33-15-7-13-31(45(33)49-46(32)34)26-9-4-3-5-10-26/h3-19,21-25,35H,20H2,1-2H3. The molecule has 0 N–H and O–H groups in total. The topological polar surface area (TPSA) is 4.93 Å². The van der Waals surface area contributed by atoms with Crippen molar-refractivity contribution in [2.24, 2.45) is 0 Å². The molecule has 7 aromatic carbocycles. The van der Waals surface area contributed by atoms with Gasteiger partial charge >= 0.3 is 0 Å². The number of rotatable bonds is 3. The Morgan fingerprint density at radius 1 is 0.653 bits per heavy atom. The van der Waals surface area contributed by atoms with Gasteiger partial charge in [-0.15, -0.1) is 11.3 Å². The summed E-state index contributed by atoms with van der Waals surface area (Å²) in [5, 5.41) is 11.4. The second kappa shape index (κ2) is 8.96. The van der Waals surface area contributed by atoms with Crippen molar-refractivity contribution in [3.63, 3.8) is 0 Å². The van der Waals surface area contributed by atoms with Gasteiger partial charge in [0, 0.05) is 48.0 Å². The first-order valence-corrected chi connectivity index (χ1v) is 18.3. The maximum Gasteiger partial charge on any atom is 0.0547 e. The van der Waals surface area contributed by atoms with Gasteiger partial charge in [-0.3, -0.25) is 0 Å². The number of benzene rings is 7. The molecule has 0 spiro atoms. The molecule has 12 rings (SSSR count). The van der Waals surface area contributed by atoms with Crippen molar-refractivity contribution in [2.75, 3.05) is 0 Å². The number of fused-ring (bicyclic) bond motifs is 3. The number of nitrogens with zero attached hydrogens (tertiary/aromatic N) is 1. The molecule has 0 fully saturated rings. The molecule has 9 aromatic rings. The van der Waals surface area contributed by atoms with Crippen LogP contribution >= 0.6 is 11.3 Å². The van der Waals surface area contributed by atoms with Crippen LogP contribution in [0.5, 0.6) is 0 Å². The fourth-order valence-electron chi connectivity index (χ4n) is 9.90. The van der Waals surface area contributed by atoms with Gasteiger partial charge in [0.1, 0.15) is 0 Å². The van der Waals surface area contributed by atoms with Crippen LogP contribution in [0.15, 0.2) is 121 Å². The fourth-order valence-corrected chi connectivity index (χ4v) is 11.3. The van der Waals surface area contributed by atoms with Gasteiger partial charge in [-0.2, -0.15) is 0 Å². The van der Waals surface area contributed by atoms with Crippen molar-refractivity contribution in [2.45, 2.75) is 31.6 Å². The van der Waals surface area contributed by atoms with E-state index in [1.54, 1.807) is 5.56 Å². The first-order chi connectivity index (χ1) is 24.1. The Labute approximate surface area is 288 Å². The first-order valence-electron chi connectivity index (χ1n) is 17.5. The van der Waals surface area contributed by atoms with Crippen molar-refractivity contribution in [3.05, 3.63) is 149 Å². The van der Waals surface area contributed by atoms with Gasteiger partial charge in [0.05, 0.1) is 10.9 Å². The maximum absolute atomic E-state index is 2.56. The Bertz CT molecular complexity index is 3040. The Hall–Kier alpha value is -5.44. The molecule has 1 atom stereocenters. The number of allylic oxidation sites excluding steroid dienone is 1. The quantitative estimate of drug-likeness (QED) is 0.169. The van der Waals surface area contributed by atoms with E-state index in [2.05, 4.69) is 152 Å². The van der Waals surface area contributed by atoms with Gasteiger partial charge < -0.3 is 4.57 Å². The molecule has 2 heteroatoms. The Balaban J connectivity index is 1.13. The highest BCUT2D eigenvalue weighted by molar-refractivity contribution is 7.26. The normalized spacial score (nSPS) is 16.7. The second-order valence-corrected chi connectivity index (χ2v) is 15.8. The molecule has 0 saturated heterocycles. The maximum atomic E-state index is 2.56. The van der Waals surface area contributed by atoms with Crippen LogP contribution in [-0.2, 0) is 11.8 Å². The average molecular weight is 642 g/mol. The van der Waals surface area contributed by atoms with E-state index in [1.165, 1.54) is 103 Å². The van der Waals surface area contributed by atoms with Crippen LogP contribution in [0.25, 0.3) is 92.7 Å². The molecule has 0 radical (unpaired) electrons. The lowest BCUT2D eigenvalue weighted by atomic mass is 9.74. The monoisotopic (exact) mass is 641 g/mol. The Morgan fingerprint density at radius 3 is 2.22 bits per heavy atom. The van der Waals surface area contributed by atoms with Gasteiger partial charge in [-0.1, -0.05) is 129 Å². The van der Waals surface area contributed by atoms with Crippen molar-refractivity contribution in [1.29, 1.82) is 0 Å². The largest absolute Gasteiger partial charge is 0.309 e. The van der Waals surface area contributed by atoms with Crippen LogP contribution in [0.3, 0.4) is 0 Å². The van der Waals surface area contributed by atoms with Crippen LogP contribution in [0, 0.1) is 0 Å². The zero-order valence-electron chi connectivity index (χ0n) is 27.3. The van der Waals surface area contributed by atoms with E-state index in [0.29, 0.717) is 5.92 Å². The average Bonchev–Trinajstić information content (AvgIpc) is 3.78. The third-order valence-corrected chi connectivity index (χ3v) is 13.4. The molecule has 2 heterocycles. The summed E-state index contributed by atoms with van der Waals surface area (Å²) in [6.45, 7) is 4.89. The molecule has 2 aromatic heterocycles. The first kappa shape index (κ1) is 26.5. The molecule has 3 aliphatic carbocycles. The highest BCUT2D eigenvalue weighted by Crippen LogP contribution is 2.58. The third kappa shape index (κ3) is 3.17. The van der Waals surface area contributed by atoms with E-state index in [1.807, 2.05) is 11.3 Å². The highest BCUT2D eigenvalue weighted by atomic mass is 32.1. The summed E-state index contributed by atoms with van der Waals surface area (Å²) in [6, 6.07) is 43.3. The second-order valence-electron chi connectivity index (χ2n) is 14.8. The molecule has 0 bridgehead atoms. The molecule has 1 unspecified atom stereocenters. The van der Waals surface area contributed by atoms with Crippen molar-refractivity contribution >= 4 is 76.1 Å². The molecule has 0 amide bonds. The predicted molar refractivity (Wildman–Crippen MR) is 210 cm³/mol. The van der Waals surface area contributed by atoms with Gasteiger partial charge in [-0.05, 0) is 85.3 Å². The summed E-state index contributed by atoms with van der Waals surface area (Å²) >= 11 is 1.93. The molecular formula is C47H31NS. The Morgan fingerprint density at radius 2 is 1.41 bits per heavy atom. The van der Waals surface area contributed by atoms with Gasteiger partial charge in [0.25, 0.3) is 0 Å². The summed E-state index contributed by atoms with van der Waals surface area (Å²) in [5.74, 6) is 0.408. The van der Waals surface area contributed by atoms with E-state index in [4.69, 9.17) is 0 Å². The van der Waals surface area contributed by atoms with E-state index < -0.39 is 0 Å². The van der Waals surface area contributed by atoms with Crippen LogP contribution in [0.4, 0.5) is 0 Å². The third-order valence-electron chi connectivity index (χ3n) is 12.1. The number of hydrogen-bond acceptors (Lipinski definition) is 1. The van der Waals surface area contributed by atoms with Crippen molar-refractivity contribution in [1.82, 2.24) is 4.57 Å². The molecule has 0 aliphatic heterocycles. The van der Waals surface area contributed by atoms with Gasteiger partial charge in [0.15, 0.2) is 0 Å². The van der Waals surface area contributed by atoms with E-state index in [9.17, 15) is 0 Å². The van der Waals surface area contributed by atoms with Gasteiger partial charge in [0.2, 0.25) is 0 Å². The summed E-state index contributed by atoms with van der Waals surface area (Å²) < 4.78 is 5.27. The summed E-state index contributed by atoms with van der Waals surface area (Å²) in [6.07, 6.45) is 8.33. The number of thiophene rings is 1. The lowest BCUT2D eigenvalue weighted by Gasteiger charge is -2.29. The van der Waals surface area contributed by atoms with E-state index in [0.717, 1.165) is 6.42 Å².